The highest BCUT2D eigenvalue weighted by atomic mass is 19.4. The number of nitrogens with one attached hydrogen (secondary N) is 2. The van der Waals surface area contributed by atoms with Gasteiger partial charge >= 0.3 is 6.18 Å². The Balaban J connectivity index is 2.23. The molecule has 0 aliphatic carbocycles. The standard InChI is InChI=1S/C11H18F3N3/c1-8(4-3-5-11(12,13)14)17-9(2)10-15-6-7-16-10/h6-9,17H,3-5H2,1-2H3,(H,15,16). The first kappa shape index (κ1) is 14.0. The topological polar surface area (TPSA) is 40.7 Å². The van der Waals surface area contributed by atoms with E-state index < -0.39 is 12.6 Å². The highest BCUT2D eigenvalue weighted by Crippen LogP contribution is 2.22. The van der Waals surface area contributed by atoms with Crippen molar-refractivity contribution in [2.75, 3.05) is 0 Å². The van der Waals surface area contributed by atoms with Crippen molar-refractivity contribution >= 4 is 0 Å². The number of nitrogens with zero attached hydrogens (tertiary/aromatic N) is 1. The minimum atomic E-state index is -4.05. The molecule has 0 saturated heterocycles. The third-order valence-corrected chi connectivity index (χ3v) is 2.56. The summed E-state index contributed by atoms with van der Waals surface area (Å²) in [7, 11) is 0. The summed E-state index contributed by atoms with van der Waals surface area (Å²) in [6.45, 7) is 3.81. The zero-order valence-corrected chi connectivity index (χ0v) is 10.0. The Labute approximate surface area is 98.8 Å². The predicted molar refractivity (Wildman–Crippen MR) is 59.5 cm³/mol. The Morgan fingerprint density at radius 3 is 2.65 bits per heavy atom. The van der Waals surface area contributed by atoms with Crippen molar-refractivity contribution in [3.05, 3.63) is 18.2 Å². The van der Waals surface area contributed by atoms with Crippen molar-refractivity contribution in [3.63, 3.8) is 0 Å². The molecule has 0 radical (unpaired) electrons. The van der Waals surface area contributed by atoms with Crippen LogP contribution >= 0.6 is 0 Å². The van der Waals surface area contributed by atoms with Crippen LogP contribution in [-0.4, -0.2) is 22.2 Å². The summed E-state index contributed by atoms with van der Waals surface area (Å²) in [5.74, 6) is 0.799. The molecule has 0 amide bonds. The van der Waals surface area contributed by atoms with Crippen molar-refractivity contribution in [1.82, 2.24) is 15.3 Å². The third-order valence-electron chi connectivity index (χ3n) is 2.56. The van der Waals surface area contributed by atoms with Crippen LogP contribution in [0.15, 0.2) is 12.4 Å². The molecule has 2 atom stereocenters. The largest absolute Gasteiger partial charge is 0.389 e. The molecule has 0 saturated carbocycles. The van der Waals surface area contributed by atoms with Gasteiger partial charge in [-0.2, -0.15) is 13.2 Å². The van der Waals surface area contributed by atoms with E-state index in [0.717, 1.165) is 5.82 Å². The molecule has 6 heteroatoms. The van der Waals surface area contributed by atoms with E-state index >= 15 is 0 Å². The van der Waals surface area contributed by atoms with Crippen molar-refractivity contribution in [2.45, 2.75) is 51.4 Å². The molecule has 0 aliphatic heterocycles. The van der Waals surface area contributed by atoms with Crippen LogP contribution in [-0.2, 0) is 0 Å². The first-order valence-electron chi connectivity index (χ1n) is 5.70. The maximum atomic E-state index is 12.0. The summed E-state index contributed by atoms with van der Waals surface area (Å²) >= 11 is 0. The Kier molecular flexibility index (Phi) is 4.99. The number of rotatable bonds is 6. The van der Waals surface area contributed by atoms with Crippen LogP contribution in [0, 0.1) is 0 Å². The van der Waals surface area contributed by atoms with Crippen LogP contribution in [0.25, 0.3) is 0 Å². The fourth-order valence-corrected chi connectivity index (χ4v) is 1.71. The SMILES string of the molecule is CC(CCCC(F)(F)F)NC(C)c1ncc[nH]1. The van der Waals surface area contributed by atoms with Gasteiger partial charge in [0.2, 0.25) is 0 Å². The number of H-pyrrole nitrogens is 1. The second-order valence-corrected chi connectivity index (χ2v) is 4.27. The molecule has 1 rings (SSSR count). The minimum Gasteiger partial charge on any atom is -0.347 e. The van der Waals surface area contributed by atoms with Gasteiger partial charge in [-0.3, -0.25) is 0 Å². The van der Waals surface area contributed by atoms with E-state index in [0.29, 0.717) is 6.42 Å². The van der Waals surface area contributed by atoms with Gasteiger partial charge < -0.3 is 10.3 Å². The second-order valence-electron chi connectivity index (χ2n) is 4.27. The molecule has 3 nitrogen and oxygen atoms in total. The molecular weight excluding hydrogens is 231 g/mol. The molecule has 17 heavy (non-hydrogen) atoms. The Hall–Kier alpha value is -1.04. The lowest BCUT2D eigenvalue weighted by Crippen LogP contribution is -2.29. The van der Waals surface area contributed by atoms with Crippen LogP contribution in [0.2, 0.25) is 0 Å². The monoisotopic (exact) mass is 249 g/mol. The fraction of sp³-hybridized carbons (Fsp3) is 0.727. The van der Waals surface area contributed by atoms with Gasteiger partial charge in [0, 0.05) is 24.9 Å². The van der Waals surface area contributed by atoms with E-state index in [1.54, 1.807) is 12.4 Å². The molecule has 0 aliphatic rings. The van der Waals surface area contributed by atoms with Gasteiger partial charge in [0.05, 0.1) is 6.04 Å². The van der Waals surface area contributed by atoms with Gasteiger partial charge in [-0.15, -0.1) is 0 Å². The van der Waals surface area contributed by atoms with Crippen LogP contribution < -0.4 is 5.32 Å². The van der Waals surface area contributed by atoms with E-state index in [1.807, 2.05) is 13.8 Å². The molecular formula is C11H18F3N3. The zero-order valence-electron chi connectivity index (χ0n) is 10.0. The van der Waals surface area contributed by atoms with Gasteiger partial charge in [0.1, 0.15) is 5.82 Å². The normalized spacial score (nSPS) is 15.8. The number of alkyl halides is 3. The number of hydrogen-bond acceptors (Lipinski definition) is 2. The summed E-state index contributed by atoms with van der Waals surface area (Å²) in [6.07, 6.45) is -0.725. The summed E-state index contributed by atoms with van der Waals surface area (Å²) in [5.41, 5.74) is 0. The molecule has 98 valence electrons. The lowest BCUT2D eigenvalue weighted by molar-refractivity contribution is -0.135. The molecule has 1 aromatic rings. The van der Waals surface area contributed by atoms with Gasteiger partial charge in [-0.1, -0.05) is 0 Å². The lowest BCUT2D eigenvalue weighted by Gasteiger charge is -2.18. The number of aromatic nitrogens is 2. The van der Waals surface area contributed by atoms with E-state index in [9.17, 15) is 13.2 Å². The van der Waals surface area contributed by atoms with Crippen molar-refractivity contribution in [1.29, 1.82) is 0 Å². The van der Waals surface area contributed by atoms with Crippen molar-refractivity contribution < 1.29 is 13.2 Å². The maximum Gasteiger partial charge on any atom is 0.389 e. The minimum absolute atomic E-state index is 0.0193. The van der Waals surface area contributed by atoms with E-state index in [-0.39, 0.29) is 18.5 Å². The van der Waals surface area contributed by atoms with Gasteiger partial charge in [-0.25, -0.2) is 4.98 Å². The summed E-state index contributed by atoms with van der Waals surface area (Å²) in [5, 5.41) is 3.21. The summed E-state index contributed by atoms with van der Waals surface area (Å²) < 4.78 is 35.9. The van der Waals surface area contributed by atoms with Gasteiger partial charge in [-0.05, 0) is 26.7 Å². The fourth-order valence-electron chi connectivity index (χ4n) is 1.71. The lowest BCUT2D eigenvalue weighted by atomic mass is 10.1. The first-order valence-corrected chi connectivity index (χ1v) is 5.70. The average molecular weight is 249 g/mol. The van der Waals surface area contributed by atoms with Crippen LogP contribution in [0.1, 0.15) is 45.0 Å². The predicted octanol–water partition coefficient (Wildman–Crippen LogP) is 3.18. The van der Waals surface area contributed by atoms with Gasteiger partial charge in [0.15, 0.2) is 0 Å². The summed E-state index contributed by atoms with van der Waals surface area (Å²) in [6, 6.07) is 0.0586. The number of halogens is 3. The number of aromatic amines is 1. The summed E-state index contributed by atoms with van der Waals surface area (Å²) in [4.78, 5) is 7.06. The first-order chi connectivity index (χ1) is 7.88. The van der Waals surface area contributed by atoms with Gasteiger partial charge in [0.25, 0.3) is 0 Å². The molecule has 1 aromatic heterocycles. The van der Waals surface area contributed by atoms with E-state index in [1.165, 1.54) is 0 Å². The number of hydrogen-bond donors (Lipinski definition) is 2. The average Bonchev–Trinajstić information content (AvgIpc) is 2.67. The van der Waals surface area contributed by atoms with Crippen LogP contribution in [0.4, 0.5) is 13.2 Å². The zero-order chi connectivity index (χ0) is 12.9. The van der Waals surface area contributed by atoms with Crippen molar-refractivity contribution in [3.8, 4) is 0 Å². The molecule has 0 spiro atoms. The highest BCUT2D eigenvalue weighted by molar-refractivity contribution is 4.94. The smallest absolute Gasteiger partial charge is 0.347 e. The Bertz CT molecular complexity index is 308. The Morgan fingerprint density at radius 1 is 1.41 bits per heavy atom. The highest BCUT2D eigenvalue weighted by Gasteiger charge is 2.26. The van der Waals surface area contributed by atoms with E-state index in [4.69, 9.17) is 0 Å². The molecule has 2 unspecified atom stereocenters. The second kappa shape index (κ2) is 6.05. The Morgan fingerprint density at radius 2 is 2.12 bits per heavy atom. The quantitative estimate of drug-likeness (QED) is 0.813. The molecule has 0 bridgehead atoms. The van der Waals surface area contributed by atoms with Crippen LogP contribution in [0.3, 0.4) is 0 Å². The molecule has 0 fully saturated rings. The maximum absolute atomic E-state index is 12.0. The molecule has 2 N–H and O–H groups in total. The van der Waals surface area contributed by atoms with Crippen LogP contribution in [0.5, 0.6) is 0 Å². The number of imidazole rings is 1. The van der Waals surface area contributed by atoms with Crippen molar-refractivity contribution in [2.24, 2.45) is 0 Å². The molecule has 0 aromatic carbocycles. The molecule has 1 heterocycles. The third kappa shape index (κ3) is 5.72. The van der Waals surface area contributed by atoms with E-state index in [2.05, 4.69) is 15.3 Å².